The fraction of sp³-hybridized carbons (Fsp3) is 0.500. The fourth-order valence-electron chi connectivity index (χ4n) is 5.47. The number of carbonyl (C=O) groups is 1. The maximum Gasteiger partial charge on any atom is 0.321 e. The van der Waals surface area contributed by atoms with Crippen molar-refractivity contribution in [3.63, 3.8) is 0 Å². The van der Waals surface area contributed by atoms with E-state index in [1.165, 1.54) is 6.07 Å². The van der Waals surface area contributed by atoms with Gasteiger partial charge >= 0.3 is 6.03 Å². The van der Waals surface area contributed by atoms with Gasteiger partial charge in [-0.1, -0.05) is 31.2 Å². The van der Waals surface area contributed by atoms with E-state index in [2.05, 4.69) is 31.0 Å². The third kappa shape index (κ3) is 4.79. The van der Waals surface area contributed by atoms with Gasteiger partial charge in [0.15, 0.2) is 5.58 Å². The van der Waals surface area contributed by atoms with Crippen molar-refractivity contribution >= 4 is 22.8 Å². The first-order valence-corrected chi connectivity index (χ1v) is 12.8. The van der Waals surface area contributed by atoms with Gasteiger partial charge in [-0.3, -0.25) is 0 Å². The topological polar surface area (TPSA) is 61.6 Å². The van der Waals surface area contributed by atoms with Crippen molar-refractivity contribution in [1.82, 2.24) is 14.8 Å². The Bertz CT molecular complexity index is 1160. The van der Waals surface area contributed by atoms with Gasteiger partial charge < -0.3 is 19.5 Å². The van der Waals surface area contributed by atoms with Crippen LogP contribution in [0, 0.1) is 5.82 Å². The molecule has 3 aromatic rings. The van der Waals surface area contributed by atoms with Crippen molar-refractivity contribution < 1.29 is 13.6 Å². The SMILES string of the molecule is CC(C)N1CCC(c2cccc(F)c2NC(=O)N2CCC(C)(c3nc4ccccc4o3)CC2)CC1. The molecule has 2 fully saturated rings. The smallest absolute Gasteiger partial charge is 0.321 e. The van der Waals surface area contributed by atoms with Crippen LogP contribution in [0.25, 0.3) is 11.1 Å². The highest BCUT2D eigenvalue weighted by atomic mass is 19.1. The minimum absolute atomic E-state index is 0.233. The van der Waals surface area contributed by atoms with E-state index in [-0.39, 0.29) is 23.2 Å². The quantitative estimate of drug-likeness (QED) is 0.489. The number of likely N-dealkylation sites (tertiary alicyclic amines) is 2. The number of rotatable bonds is 4. The second-order valence-electron chi connectivity index (χ2n) is 10.6. The first-order valence-electron chi connectivity index (χ1n) is 12.8. The van der Waals surface area contributed by atoms with E-state index in [4.69, 9.17) is 9.40 Å². The Kier molecular flexibility index (Phi) is 6.53. The summed E-state index contributed by atoms with van der Waals surface area (Å²) < 4.78 is 21.0. The van der Waals surface area contributed by atoms with E-state index in [9.17, 15) is 9.18 Å². The van der Waals surface area contributed by atoms with Crippen LogP contribution in [0.5, 0.6) is 0 Å². The van der Waals surface area contributed by atoms with Crippen LogP contribution in [0.15, 0.2) is 46.9 Å². The number of hydrogen-bond donors (Lipinski definition) is 1. The summed E-state index contributed by atoms with van der Waals surface area (Å²) >= 11 is 0. The number of urea groups is 1. The van der Waals surface area contributed by atoms with Crippen LogP contribution in [0.3, 0.4) is 0 Å². The number of fused-ring (bicyclic) bond motifs is 1. The Balaban J connectivity index is 1.25. The van der Waals surface area contributed by atoms with Gasteiger partial charge in [0.25, 0.3) is 0 Å². The molecule has 6 nitrogen and oxygen atoms in total. The molecule has 2 aliphatic rings. The summed E-state index contributed by atoms with van der Waals surface area (Å²) in [5, 5.41) is 2.93. The van der Waals surface area contributed by atoms with Crippen LogP contribution in [0.1, 0.15) is 63.8 Å². The normalized spacial score (nSPS) is 19.4. The van der Waals surface area contributed by atoms with Gasteiger partial charge in [0.1, 0.15) is 11.3 Å². The lowest BCUT2D eigenvalue weighted by molar-refractivity contribution is 0.161. The maximum absolute atomic E-state index is 14.9. The molecular formula is C28H35FN4O2. The summed E-state index contributed by atoms with van der Waals surface area (Å²) in [5.74, 6) is 0.609. The first kappa shape index (κ1) is 23.8. The molecule has 2 amide bonds. The second-order valence-corrected chi connectivity index (χ2v) is 10.6. The number of piperidine rings is 2. The van der Waals surface area contributed by atoms with Gasteiger partial charge in [0.2, 0.25) is 5.89 Å². The molecule has 7 heteroatoms. The summed E-state index contributed by atoms with van der Waals surface area (Å²) in [6, 6.07) is 13.2. The van der Waals surface area contributed by atoms with Gasteiger partial charge in [0.05, 0.1) is 5.69 Å². The summed E-state index contributed by atoms with van der Waals surface area (Å²) in [5.41, 5.74) is 2.66. The Morgan fingerprint density at radius 1 is 1.09 bits per heavy atom. The molecule has 2 aromatic carbocycles. The zero-order chi connectivity index (χ0) is 24.6. The molecule has 1 aromatic heterocycles. The molecule has 186 valence electrons. The van der Waals surface area contributed by atoms with Crippen LogP contribution >= 0.6 is 0 Å². The molecule has 35 heavy (non-hydrogen) atoms. The third-order valence-electron chi connectivity index (χ3n) is 7.94. The Morgan fingerprint density at radius 3 is 2.49 bits per heavy atom. The molecule has 2 aliphatic heterocycles. The molecule has 0 spiro atoms. The number of carbonyl (C=O) groups excluding carboxylic acids is 1. The number of halogens is 1. The fourth-order valence-corrected chi connectivity index (χ4v) is 5.47. The average Bonchev–Trinajstić information content (AvgIpc) is 3.31. The zero-order valence-electron chi connectivity index (χ0n) is 20.9. The molecule has 0 atom stereocenters. The molecule has 1 N–H and O–H groups in total. The van der Waals surface area contributed by atoms with E-state index in [0.29, 0.717) is 24.8 Å². The van der Waals surface area contributed by atoms with Crippen molar-refractivity contribution in [1.29, 1.82) is 0 Å². The van der Waals surface area contributed by atoms with E-state index < -0.39 is 0 Å². The lowest BCUT2D eigenvalue weighted by Gasteiger charge is -2.38. The van der Waals surface area contributed by atoms with E-state index in [0.717, 1.165) is 61.3 Å². The number of benzene rings is 2. The van der Waals surface area contributed by atoms with Crippen LogP contribution in [-0.2, 0) is 5.41 Å². The number of oxazole rings is 1. The van der Waals surface area contributed by atoms with Gasteiger partial charge in [-0.15, -0.1) is 0 Å². The average molecular weight is 479 g/mol. The molecule has 0 radical (unpaired) electrons. The largest absolute Gasteiger partial charge is 0.440 e. The summed E-state index contributed by atoms with van der Waals surface area (Å²) in [6.07, 6.45) is 3.42. The van der Waals surface area contributed by atoms with Crippen LogP contribution in [0.4, 0.5) is 14.9 Å². The van der Waals surface area contributed by atoms with Crippen LogP contribution < -0.4 is 5.32 Å². The lowest BCUT2D eigenvalue weighted by atomic mass is 9.80. The Hall–Kier alpha value is -2.93. The Morgan fingerprint density at radius 2 is 1.80 bits per heavy atom. The number of amides is 2. The van der Waals surface area contributed by atoms with E-state index in [1.54, 1.807) is 11.0 Å². The molecule has 3 heterocycles. The van der Waals surface area contributed by atoms with Crippen LogP contribution in [-0.4, -0.2) is 53.0 Å². The zero-order valence-corrected chi connectivity index (χ0v) is 20.9. The molecule has 0 aliphatic carbocycles. The Labute approximate surface area is 206 Å². The minimum atomic E-state index is -0.365. The summed E-state index contributed by atoms with van der Waals surface area (Å²) in [4.78, 5) is 22.1. The van der Waals surface area contributed by atoms with Crippen molar-refractivity contribution in [3.8, 4) is 0 Å². The lowest BCUT2D eigenvalue weighted by Crippen LogP contribution is -2.46. The van der Waals surface area contributed by atoms with Gasteiger partial charge in [0, 0.05) is 24.5 Å². The summed E-state index contributed by atoms with van der Waals surface area (Å²) in [7, 11) is 0. The molecule has 0 saturated carbocycles. The van der Waals surface area contributed by atoms with E-state index in [1.807, 2.05) is 30.3 Å². The van der Waals surface area contributed by atoms with Crippen LogP contribution in [0.2, 0.25) is 0 Å². The van der Waals surface area contributed by atoms with Gasteiger partial charge in [-0.2, -0.15) is 0 Å². The van der Waals surface area contributed by atoms with Crippen molar-refractivity contribution in [2.75, 3.05) is 31.5 Å². The van der Waals surface area contributed by atoms with E-state index >= 15 is 0 Å². The number of nitrogens with zero attached hydrogens (tertiary/aromatic N) is 3. The summed E-state index contributed by atoms with van der Waals surface area (Å²) in [6.45, 7) is 9.68. The maximum atomic E-state index is 14.9. The molecule has 5 rings (SSSR count). The minimum Gasteiger partial charge on any atom is -0.440 e. The number of aromatic nitrogens is 1. The highest BCUT2D eigenvalue weighted by Crippen LogP contribution is 2.38. The second kappa shape index (κ2) is 9.61. The predicted octanol–water partition coefficient (Wildman–Crippen LogP) is 6.14. The molecule has 0 unspecified atom stereocenters. The third-order valence-corrected chi connectivity index (χ3v) is 7.94. The number of hydrogen-bond acceptors (Lipinski definition) is 4. The molecule has 0 bridgehead atoms. The molecular weight excluding hydrogens is 443 g/mol. The monoisotopic (exact) mass is 478 g/mol. The molecule has 2 saturated heterocycles. The predicted molar refractivity (Wildman–Crippen MR) is 136 cm³/mol. The highest BCUT2D eigenvalue weighted by Gasteiger charge is 2.38. The highest BCUT2D eigenvalue weighted by molar-refractivity contribution is 5.90. The number of para-hydroxylation sites is 3. The first-order chi connectivity index (χ1) is 16.8. The van der Waals surface area contributed by atoms with Gasteiger partial charge in [-0.25, -0.2) is 14.2 Å². The van der Waals surface area contributed by atoms with Crippen molar-refractivity contribution in [2.45, 2.75) is 63.8 Å². The number of anilines is 1. The number of nitrogens with one attached hydrogen (secondary N) is 1. The van der Waals surface area contributed by atoms with Gasteiger partial charge in [-0.05, 0) is 82.3 Å². The van der Waals surface area contributed by atoms with Crippen molar-refractivity contribution in [2.24, 2.45) is 0 Å². The standard InChI is InChI=1S/C28H35FN4O2/c1-19(2)32-15-11-20(12-16-32)21-7-6-8-22(29)25(21)31-27(34)33-17-13-28(3,14-18-33)26-30-23-9-4-5-10-24(23)35-26/h4-10,19-20H,11-18H2,1-3H3,(H,31,34). The van der Waals surface area contributed by atoms with Crippen molar-refractivity contribution in [3.05, 3.63) is 59.7 Å².